The van der Waals surface area contributed by atoms with Crippen molar-refractivity contribution in [2.75, 3.05) is 20.6 Å². The Labute approximate surface area is 128 Å². The molecule has 0 unspecified atom stereocenters. The predicted octanol–water partition coefficient (Wildman–Crippen LogP) is 2.16. The molecule has 0 aromatic heterocycles. The maximum atomic E-state index is 12.1. The van der Waals surface area contributed by atoms with E-state index >= 15 is 0 Å². The molecule has 0 aliphatic heterocycles. The van der Waals surface area contributed by atoms with Gasteiger partial charge in [-0.15, -0.1) is 0 Å². The first kappa shape index (κ1) is 16.3. The van der Waals surface area contributed by atoms with Crippen LogP contribution >= 0.6 is 0 Å². The normalized spacial score (nSPS) is 21.2. The summed E-state index contributed by atoms with van der Waals surface area (Å²) in [5.41, 5.74) is 0. The number of hydrogen-bond acceptors (Lipinski definition) is 2. The molecule has 0 atom stereocenters. The lowest BCUT2D eigenvalue weighted by molar-refractivity contribution is -0.906. The third kappa shape index (κ3) is 4.99. The van der Waals surface area contributed by atoms with Crippen molar-refractivity contribution < 1.29 is 14.1 Å². The van der Waals surface area contributed by atoms with Gasteiger partial charge in [-0.1, -0.05) is 19.3 Å². The highest BCUT2D eigenvalue weighted by atomic mass is 16.2. The number of hydrogen-bond donors (Lipinski definition) is 2. The molecule has 2 rings (SSSR count). The molecule has 2 fully saturated rings. The summed E-state index contributed by atoms with van der Waals surface area (Å²) in [6.07, 6.45) is 10.6. The van der Waals surface area contributed by atoms with Crippen molar-refractivity contribution in [3.8, 4) is 0 Å². The average Bonchev–Trinajstić information content (AvgIpc) is 2.93. The minimum atomic E-state index is -0.321. The van der Waals surface area contributed by atoms with E-state index in [9.17, 15) is 9.59 Å². The Morgan fingerprint density at radius 3 is 2.14 bits per heavy atom. The van der Waals surface area contributed by atoms with E-state index < -0.39 is 0 Å². The number of rotatable bonds is 4. The first-order chi connectivity index (χ1) is 9.97. The van der Waals surface area contributed by atoms with Gasteiger partial charge in [-0.05, 0) is 38.5 Å². The number of carbonyl (C=O) groups is 2. The minimum Gasteiger partial charge on any atom is -0.335 e. The fourth-order valence-corrected chi connectivity index (χ4v) is 3.74. The molecule has 0 radical (unpaired) electrons. The first-order valence-electron chi connectivity index (χ1n) is 8.40. The van der Waals surface area contributed by atoms with Crippen LogP contribution in [0.25, 0.3) is 0 Å². The molecule has 5 nitrogen and oxygen atoms in total. The van der Waals surface area contributed by atoms with Gasteiger partial charge < -0.3 is 9.80 Å². The van der Waals surface area contributed by atoms with Crippen LogP contribution in [0.3, 0.4) is 0 Å². The van der Waals surface area contributed by atoms with Gasteiger partial charge in [0.1, 0.15) is 0 Å². The second-order valence-electron chi connectivity index (χ2n) is 7.23. The summed E-state index contributed by atoms with van der Waals surface area (Å²) in [7, 11) is 4.18. The molecular formula is C16H30N3O2+. The second kappa shape index (κ2) is 7.25. The molecule has 0 saturated heterocycles. The highest BCUT2D eigenvalue weighted by molar-refractivity contribution is 5.94. The third-order valence-electron chi connectivity index (χ3n) is 5.06. The van der Waals surface area contributed by atoms with Crippen molar-refractivity contribution in [2.45, 2.75) is 69.9 Å². The van der Waals surface area contributed by atoms with Gasteiger partial charge in [-0.3, -0.25) is 10.1 Å². The molecule has 0 aromatic carbocycles. The molecular weight excluding hydrogens is 266 g/mol. The van der Waals surface area contributed by atoms with Gasteiger partial charge in [0, 0.05) is 6.04 Å². The number of quaternary nitrogens is 1. The van der Waals surface area contributed by atoms with E-state index in [0.29, 0.717) is 17.1 Å². The Balaban J connectivity index is 1.73. The Morgan fingerprint density at radius 2 is 1.52 bits per heavy atom. The molecule has 0 bridgehead atoms. The lowest BCUT2D eigenvalue weighted by Gasteiger charge is -2.35. The standard InChI is InChI=1S/C16H29N3O2/c1-19(2,14-10-6-7-11-14)12-15(20)18-16(21)17-13-8-4-3-5-9-13/h13-14H,3-12H2,1-2H3,(H-,17,18,20,21)/p+1. The molecule has 0 aromatic rings. The van der Waals surface area contributed by atoms with E-state index in [4.69, 9.17) is 0 Å². The molecule has 2 N–H and O–H groups in total. The SMILES string of the molecule is C[N+](C)(CC(=O)NC(=O)NC1CCCCC1)C1CCCC1. The van der Waals surface area contributed by atoms with Crippen LogP contribution < -0.4 is 10.6 Å². The number of carbonyl (C=O) groups excluding carboxylic acids is 2. The molecule has 21 heavy (non-hydrogen) atoms. The number of likely N-dealkylation sites (N-methyl/N-ethyl adjacent to an activating group) is 1. The average molecular weight is 296 g/mol. The lowest BCUT2D eigenvalue weighted by atomic mass is 9.96. The highest BCUT2D eigenvalue weighted by Crippen LogP contribution is 2.26. The predicted molar refractivity (Wildman–Crippen MR) is 82.8 cm³/mol. The first-order valence-corrected chi connectivity index (χ1v) is 8.40. The second-order valence-corrected chi connectivity index (χ2v) is 7.23. The number of urea groups is 1. The summed E-state index contributed by atoms with van der Waals surface area (Å²) >= 11 is 0. The number of amides is 3. The molecule has 3 amide bonds. The van der Waals surface area contributed by atoms with Crippen molar-refractivity contribution in [3.63, 3.8) is 0 Å². The van der Waals surface area contributed by atoms with Crippen LogP contribution in [0.15, 0.2) is 0 Å². The monoisotopic (exact) mass is 296 g/mol. The third-order valence-corrected chi connectivity index (χ3v) is 5.06. The molecule has 5 heteroatoms. The quantitative estimate of drug-likeness (QED) is 0.781. The Bertz CT molecular complexity index is 370. The van der Waals surface area contributed by atoms with E-state index in [1.165, 1.54) is 44.9 Å². The molecule has 0 heterocycles. The van der Waals surface area contributed by atoms with Gasteiger partial charge in [-0.25, -0.2) is 4.79 Å². The number of nitrogens with one attached hydrogen (secondary N) is 2. The van der Waals surface area contributed by atoms with Gasteiger partial charge in [0.15, 0.2) is 6.54 Å². The summed E-state index contributed by atoms with van der Waals surface area (Å²) in [5.74, 6) is -0.166. The molecule has 0 spiro atoms. The van der Waals surface area contributed by atoms with Gasteiger partial charge in [0.05, 0.1) is 20.1 Å². The van der Waals surface area contributed by atoms with Gasteiger partial charge >= 0.3 is 6.03 Å². The van der Waals surface area contributed by atoms with Crippen LogP contribution in [0.1, 0.15) is 57.8 Å². The van der Waals surface area contributed by atoms with Crippen molar-refractivity contribution in [1.82, 2.24) is 10.6 Å². The number of nitrogens with zero attached hydrogens (tertiary/aromatic N) is 1. The smallest absolute Gasteiger partial charge is 0.321 e. The zero-order chi connectivity index (χ0) is 15.3. The number of imide groups is 1. The lowest BCUT2D eigenvalue weighted by Crippen LogP contribution is -2.55. The van der Waals surface area contributed by atoms with Crippen molar-refractivity contribution in [3.05, 3.63) is 0 Å². The van der Waals surface area contributed by atoms with Gasteiger partial charge in [0.25, 0.3) is 5.91 Å². The summed E-state index contributed by atoms with van der Waals surface area (Å²) in [6, 6.07) is 0.472. The van der Waals surface area contributed by atoms with E-state index in [1.54, 1.807) is 0 Å². The molecule has 120 valence electrons. The maximum absolute atomic E-state index is 12.1. The van der Waals surface area contributed by atoms with Crippen LogP contribution in [0.4, 0.5) is 4.79 Å². The summed E-state index contributed by atoms with van der Waals surface area (Å²) in [4.78, 5) is 24.0. The van der Waals surface area contributed by atoms with Crippen molar-refractivity contribution in [2.24, 2.45) is 0 Å². The molecule has 2 aliphatic carbocycles. The molecule has 2 saturated carbocycles. The fourth-order valence-electron chi connectivity index (χ4n) is 3.74. The van der Waals surface area contributed by atoms with Gasteiger partial charge in [0.2, 0.25) is 0 Å². The Morgan fingerprint density at radius 1 is 0.952 bits per heavy atom. The van der Waals surface area contributed by atoms with Crippen LogP contribution in [-0.2, 0) is 4.79 Å². The van der Waals surface area contributed by atoms with Crippen LogP contribution in [0.5, 0.6) is 0 Å². The Kier molecular flexibility index (Phi) is 5.62. The zero-order valence-corrected chi connectivity index (χ0v) is 13.5. The van der Waals surface area contributed by atoms with Crippen molar-refractivity contribution in [1.29, 1.82) is 0 Å². The van der Waals surface area contributed by atoms with Gasteiger partial charge in [-0.2, -0.15) is 0 Å². The Hall–Kier alpha value is -1.10. The van der Waals surface area contributed by atoms with E-state index in [-0.39, 0.29) is 18.0 Å². The summed E-state index contributed by atoms with van der Waals surface area (Å²) < 4.78 is 0.683. The fraction of sp³-hybridized carbons (Fsp3) is 0.875. The summed E-state index contributed by atoms with van der Waals surface area (Å²) in [6.45, 7) is 0.378. The zero-order valence-electron chi connectivity index (χ0n) is 13.5. The highest BCUT2D eigenvalue weighted by Gasteiger charge is 2.33. The van der Waals surface area contributed by atoms with E-state index in [1.807, 2.05) is 0 Å². The minimum absolute atomic E-state index is 0.166. The van der Waals surface area contributed by atoms with Crippen LogP contribution in [-0.4, -0.2) is 49.1 Å². The van der Waals surface area contributed by atoms with Crippen molar-refractivity contribution >= 4 is 11.9 Å². The maximum Gasteiger partial charge on any atom is 0.321 e. The molecule has 2 aliphatic rings. The van der Waals surface area contributed by atoms with E-state index in [2.05, 4.69) is 24.7 Å². The topological polar surface area (TPSA) is 58.2 Å². The van der Waals surface area contributed by atoms with E-state index in [0.717, 1.165) is 12.8 Å². The largest absolute Gasteiger partial charge is 0.335 e. The van der Waals surface area contributed by atoms with Crippen LogP contribution in [0, 0.1) is 0 Å². The summed E-state index contributed by atoms with van der Waals surface area (Å²) in [5, 5.41) is 5.43. The van der Waals surface area contributed by atoms with Crippen LogP contribution in [0.2, 0.25) is 0 Å².